The van der Waals surface area contributed by atoms with E-state index in [9.17, 15) is 18.0 Å². The van der Waals surface area contributed by atoms with Gasteiger partial charge in [-0.15, -0.1) is 11.3 Å². The van der Waals surface area contributed by atoms with Crippen LogP contribution < -0.4 is 15.6 Å². The lowest BCUT2D eigenvalue weighted by Crippen LogP contribution is -2.26. The predicted molar refractivity (Wildman–Crippen MR) is 125 cm³/mol. The molecule has 9 nitrogen and oxygen atoms in total. The van der Waals surface area contributed by atoms with Gasteiger partial charge in [0.05, 0.1) is 22.6 Å². The molecule has 1 aliphatic carbocycles. The van der Waals surface area contributed by atoms with Crippen molar-refractivity contribution >= 4 is 54.9 Å². The Morgan fingerprint density at radius 3 is 2.72 bits per heavy atom. The maximum atomic E-state index is 12.6. The highest BCUT2D eigenvalue weighted by Gasteiger charge is 2.20. The van der Waals surface area contributed by atoms with Gasteiger partial charge in [0.25, 0.3) is 5.56 Å². The predicted octanol–water partition coefficient (Wildman–Crippen LogP) is 1.86. The van der Waals surface area contributed by atoms with Crippen LogP contribution in [0.2, 0.25) is 0 Å². The maximum Gasteiger partial charge on any atom is 0.260 e. The number of nitrogens with zero attached hydrogens (tertiary/aromatic N) is 1. The van der Waals surface area contributed by atoms with Crippen molar-refractivity contribution < 1.29 is 18.3 Å². The van der Waals surface area contributed by atoms with Gasteiger partial charge >= 0.3 is 0 Å². The van der Waals surface area contributed by atoms with Crippen LogP contribution in [0.4, 0.5) is 5.69 Å². The standard InChI is InChI=1S/C20H22N4O5S3/c25-10-9-21-32(28,29)13-7-5-12(6-8-13)22-16(26)11-30-20-23-18(27)17-14-3-1-2-4-15(14)31-19(17)24-20/h5-8,21,25H,1-4,9-11H2,(H,22,26)(H,23,24,27). The van der Waals surface area contributed by atoms with Gasteiger partial charge in [0.2, 0.25) is 15.9 Å². The molecule has 0 saturated heterocycles. The number of aryl methyl sites for hydroxylation is 2. The van der Waals surface area contributed by atoms with Crippen molar-refractivity contribution in [2.45, 2.75) is 35.7 Å². The lowest BCUT2D eigenvalue weighted by atomic mass is 9.97. The summed E-state index contributed by atoms with van der Waals surface area (Å²) in [4.78, 5) is 34.2. The molecule has 170 valence electrons. The number of amides is 1. The second-order valence-corrected chi connectivity index (χ2v) is 11.1. The second-order valence-electron chi connectivity index (χ2n) is 7.24. The number of anilines is 1. The number of fused-ring (bicyclic) bond motifs is 3. The summed E-state index contributed by atoms with van der Waals surface area (Å²) < 4.78 is 26.3. The number of aliphatic hydroxyl groups excluding tert-OH is 1. The highest BCUT2D eigenvalue weighted by atomic mass is 32.2. The van der Waals surface area contributed by atoms with Crippen LogP contribution in [0.3, 0.4) is 0 Å². The molecule has 0 saturated carbocycles. The monoisotopic (exact) mass is 494 g/mol. The average molecular weight is 495 g/mol. The Kier molecular flexibility index (Phi) is 6.96. The van der Waals surface area contributed by atoms with E-state index in [1.165, 1.54) is 29.1 Å². The molecule has 2 heterocycles. The van der Waals surface area contributed by atoms with Crippen LogP contribution in [0, 0.1) is 0 Å². The fourth-order valence-electron chi connectivity index (χ4n) is 3.52. The number of rotatable bonds is 8. The zero-order valence-electron chi connectivity index (χ0n) is 17.0. The van der Waals surface area contributed by atoms with E-state index in [1.807, 2.05) is 0 Å². The summed E-state index contributed by atoms with van der Waals surface area (Å²) in [5.74, 6) is -0.269. The minimum Gasteiger partial charge on any atom is -0.395 e. The molecule has 1 aliphatic rings. The van der Waals surface area contributed by atoms with Gasteiger partial charge in [0, 0.05) is 17.1 Å². The third kappa shape index (κ3) is 5.04. The molecular formula is C20H22N4O5S3. The molecule has 12 heteroatoms. The molecule has 0 fully saturated rings. The van der Waals surface area contributed by atoms with E-state index in [0.717, 1.165) is 47.8 Å². The van der Waals surface area contributed by atoms with E-state index in [0.29, 0.717) is 16.2 Å². The maximum absolute atomic E-state index is 12.6. The van der Waals surface area contributed by atoms with Gasteiger partial charge in [0.15, 0.2) is 5.16 Å². The summed E-state index contributed by atoms with van der Waals surface area (Å²) in [7, 11) is -3.71. The summed E-state index contributed by atoms with van der Waals surface area (Å²) in [6.07, 6.45) is 4.11. The molecule has 3 aromatic rings. The highest BCUT2D eigenvalue weighted by molar-refractivity contribution is 7.99. The molecular weight excluding hydrogens is 472 g/mol. The third-order valence-electron chi connectivity index (χ3n) is 5.00. The molecule has 1 aromatic carbocycles. The first-order valence-corrected chi connectivity index (χ1v) is 13.3. The first kappa shape index (κ1) is 22.9. The van der Waals surface area contributed by atoms with Crippen molar-refractivity contribution in [2.24, 2.45) is 0 Å². The zero-order chi connectivity index (χ0) is 22.7. The number of carbonyl (C=O) groups is 1. The van der Waals surface area contributed by atoms with Crippen LogP contribution in [0.25, 0.3) is 10.2 Å². The molecule has 0 aliphatic heterocycles. The van der Waals surface area contributed by atoms with Gasteiger partial charge in [-0.25, -0.2) is 18.1 Å². The number of thiophene rings is 1. The van der Waals surface area contributed by atoms with Gasteiger partial charge < -0.3 is 15.4 Å². The largest absolute Gasteiger partial charge is 0.395 e. The number of aliphatic hydroxyl groups is 1. The van der Waals surface area contributed by atoms with Crippen LogP contribution >= 0.6 is 23.1 Å². The highest BCUT2D eigenvalue weighted by Crippen LogP contribution is 2.34. The Labute approximate surface area is 192 Å². The second kappa shape index (κ2) is 9.71. The Morgan fingerprint density at radius 2 is 1.97 bits per heavy atom. The zero-order valence-corrected chi connectivity index (χ0v) is 19.5. The number of carbonyl (C=O) groups excluding carboxylic acids is 1. The van der Waals surface area contributed by atoms with Gasteiger partial charge in [0.1, 0.15) is 4.83 Å². The molecule has 0 bridgehead atoms. The van der Waals surface area contributed by atoms with Crippen molar-refractivity contribution in [3.05, 3.63) is 45.1 Å². The fraction of sp³-hybridized carbons (Fsp3) is 0.350. The molecule has 4 N–H and O–H groups in total. The van der Waals surface area contributed by atoms with Crippen LogP contribution in [0.5, 0.6) is 0 Å². The molecule has 32 heavy (non-hydrogen) atoms. The van der Waals surface area contributed by atoms with E-state index in [1.54, 1.807) is 11.3 Å². The van der Waals surface area contributed by atoms with Crippen LogP contribution in [-0.2, 0) is 27.7 Å². The quantitative estimate of drug-likeness (QED) is 0.277. The number of nitrogens with one attached hydrogen (secondary N) is 3. The van der Waals surface area contributed by atoms with Crippen molar-refractivity contribution in [3.8, 4) is 0 Å². The molecule has 0 spiro atoms. The third-order valence-corrected chi connectivity index (χ3v) is 8.53. The molecule has 0 atom stereocenters. The Bertz CT molecular complexity index is 1300. The van der Waals surface area contributed by atoms with Crippen molar-refractivity contribution in [2.75, 3.05) is 24.2 Å². The minimum absolute atomic E-state index is 0.0343. The Hall–Kier alpha value is -2.25. The molecule has 4 rings (SSSR count). The molecule has 0 unspecified atom stereocenters. The molecule has 1 amide bonds. The number of hydrogen-bond acceptors (Lipinski definition) is 8. The first-order chi connectivity index (χ1) is 15.4. The molecule has 2 aromatic heterocycles. The SMILES string of the molecule is O=C(CSc1nc2sc3c(c2c(=O)[nH]1)CCCC3)Nc1ccc(S(=O)(=O)NCCO)cc1. The Balaban J connectivity index is 1.39. The van der Waals surface area contributed by atoms with Crippen LogP contribution in [0.15, 0.2) is 39.1 Å². The number of benzene rings is 1. The van der Waals surface area contributed by atoms with Gasteiger partial charge in [-0.05, 0) is 55.5 Å². The number of aromatic amines is 1. The summed E-state index contributed by atoms with van der Waals surface area (Å²) in [6.45, 7) is -0.374. The average Bonchev–Trinajstić information content (AvgIpc) is 3.15. The minimum atomic E-state index is -3.71. The lowest BCUT2D eigenvalue weighted by molar-refractivity contribution is -0.113. The summed E-state index contributed by atoms with van der Waals surface area (Å²) in [5.41, 5.74) is 1.40. The van der Waals surface area contributed by atoms with E-state index in [2.05, 4.69) is 20.0 Å². The number of hydrogen-bond donors (Lipinski definition) is 4. The van der Waals surface area contributed by atoms with Crippen molar-refractivity contribution in [1.82, 2.24) is 14.7 Å². The van der Waals surface area contributed by atoms with Gasteiger partial charge in [-0.3, -0.25) is 9.59 Å². The van der Waals surface area contributed by atoms with E-state index >= 15 is 0 Å². The fourth-order valence-corrected chi connectivity index (χ4v) is 6.53. The van der Waals surface area contributed by atoms with Gasteiger partial charge in [-0.1, -0.05) is 11.8 Å². The normalized spacial score (nSPS) is 13.8. The lowest BCUT2D eigenvalue weighted by Gasteiger charge is -2.09. The number of sulfonamides is 1. The summed E-state index contributed by atoms with van der Waals surface area (Å²) in [5, 5.41) is 12.5. The van der Waals surface area contributed by atoms with Crippen LogP contribution in [0.1, 0.15) is 23.3 Å². The smallest absolute Gasteiger partial charge is 0.260 e. The van der Waals surface area contributed by atoms with Crippen molar-refractivity contribution in [1.29, 1.82) is 0 Å². The topological polar surface area (TPSA) is 141 Å². The van der Waals surface area contributed by atoms with E-state index < -0.39 is 10.0 Å². The van der Waals surface area contributed by atoms with Crippen LogP contribution in [-0.4, -0.2) is 48.3 Å². The number of H-pyrrole nitrogens is 1. The van der Waals surface area contributed by atoms with Gasteiger partial charge in [-0.2, -0.15) is 0 Å². The van der Waals surface area contributed by atoms with Crippen molar-refractivity contribution in [3.63, 3.8) is 0 Å². The first-order valence-electron chi connectivity index (χ1n) is 10.0. The van der Waals surface area contributed by atoms with E-state index in [-0.39, 0.29) is 35.3 Å². The van der Waals surface area contributed by atoms with E-state index in [4.69, 9.17) is 5.11 Å². The summed E-state index contributed by atoms with van der Waals surface area (Å²) >= 11 is 2.70. The Morgan fingerprint density at radius 1 is 1.22 bits per heavy atom. The molecule has 0 radical (unpaired) electrons. The number of aromatic nitrogens is 2. The summed E-state index contributed by atoms with van der Waals surface area (Å²) in [6, 6.07) is 5.71. The number of thioether (sulfide) groups is 1.